The standard InChI is InChI=1S/C15H15N/c1-12-7-3-4-8-14(12)11-13(2)15-9-5-6-10-16-15/h3-11,13H,1H2,2H3/b14-11-. The van der Waals surface area contributed by atoms with Crippen LogP contribution in [0.5, 0.6) is 0 Å². The zero-order valence-electron chi connectivity index (χ0n) is 9.43. The SMILES string of the molecule is C=c1cccc/c1=C/C(C)c1ccccn1. The summed E-state index contributed by atoms with van der Waals surface area (Å²) in [6, 6.07) is 14.1. The summed E-state index contributed by atoms with van der Waals surface area (Å²) in [6.07, 6.45) is 4.03. The first-order valence-electron chi connectivity index (χ1n) is 5.44. The molecular weight excluding hydrogens is 194 g/mol. The number of rotatable bonds is 2. The van der Waals surface area contributed by atoms with Gasteiger partial charge in [-0.3, -0.25) is 4.98 Å². The Morgan fingerprint density at radius 3 is 2.56 bits per heavy atom. The first-order chi connectivity index (χ1) is 7.77. The maximum atomic E-state index is 4.35. The Kier molecular flexibility index (Phi) is 3.16. The molecule has 1 atom stereocenters. The van der Waals surface area contributed by atoms with E-state index in [4.69, 9.17) is 0 Å². The quantitative estimate of drug-likeness (QED) is 0.738. The lowest BCUT2D eigenvalue weighted by molar-refractivity contribution is 0.946. The van der Waals surface area contributed by atoms with Crippen LogP contribution in [-0.4, -0.2) is 4.98 Å². The van der Waals surface area contributed by atoms with E-state index >= 15 is 0 Å². The van der Waals surface area contributed by atoms with Crippen LogP contribution in [0.15, 0.2) is 48.7 Å². The topological polar surface area (TPSA) is 12.9 Å². The molecule has 80 valence electrons. The average Bonchev–Trinajstić information content (AvgIpc) is 2.33. The molecule has 16 heavy (non-hydrogen) atoms. The van der Waals surface area contributed by atoms with Crippen LogP contribution in [0, 0.1) is 0 Å². The second-order valence-electron chi connectivity index (χ2n) is 3.91. The van der Waals surface area contributed by atoms with Crippen molar-refractivity contribution in [2.75, 3.05) is 0 Å². The number of hydrogen-bond donors (Lipinski definition) is 0. The van der Waals surface area contributed by atoms with E-state index in [2.05, 4.69) is 30.6 Å². The molecule has 0 saturated carbocycles. The Balaban J connectivity index is 2.39. The van der Waals surface area contributed by atoms with Gasteiger partial charge in [-0.1, -0.05) is 49.9 Å². The smallest absolute Gasteiger partial charge is 0.0469 e. The van der Waals surface area contributed by atoms with E-state index in [1.165, 1.54) is 5.22 Å². The Labute approximate surface area is 95.8 Å². The van der Waals surface area contributed by atoms with Gasteiger partial charge in [0.2, 0.25) is 0 Å². The van der Waals surface area contributed by atoms with Crippen LogP contribution in [0.1, 0.15) is 18.5 Å². The molecule has 0 radical (unpaired) electrons. The van der Waals surface area contributed by atoms with Crippen LogP contribution in [0.4, 0.5) is 0 Å². The summed E-state index contributed by atoms with van der Waals surface area (Å²) in [4.78, 5) is 4.35. The van der Waals surface area contributed by atoms with E-state index in [-0.39, 0.29) is 0 Å². The molecule has 0 aliphatic carbocycles. The lowest BCUT2D eigenvalue weighted by atomic mass is 10.0. The fraction of sp³-hybridized carbons (Fsp3) is 0.133. The van der Waals surface area contributed by atoms with Crippen molar-refractivity contribution < 1.29 is 0 Å². The first-order valence-corrected chi connectivity index (χ1v) is 5.44. The molecular formula is C15H15N. The van der Waals surface area contributed by atoms with E-state index in [1.54, 1.807) is 0 Å². The van der Waals surface area contributed by atoms with Crippen LogP contribution < -0.4 is 10.4 Å². The third-order valence-corrected chi connectivity index (χ3v) is 2.64. The van der Waals surface area contributed by atoms with E-state index in [1.807, 2.05) is 42.6 Å². The van der Waals surface area contributed by atoms with Crippen molar-refractivity contribution in [3.63, 3.8) is 0 Å². The van der Waals surface area contributed by atoms with E-state index in [0.29, 0.717) is 5.92 Å². The minimum atomic E-state index is 0.309. The number of aromatic nitrogens is 1. The Hall–Kier alpha value is -1.89. The predicted molar refractivity (Wildman–Crippen MR) is 68.3 cm³/mol. The normalized spacial score (nSPS) is 13.7. The van der Waals surface area contributed by atoms with E-state index in [0.717, 1.165) is 10.9 Å². The molecule has 0 saturated heterocycles. The van der Waals surface area contributed by atoms with Crippen molar-refractivity contribution in [3.05, 3.63) is 64.8 Å². The molecule has 1 heteroatoms. The highest BCUT2D eigenvalue weighted by molar-refractivity contribution is 5.36. The van der Waals surface area contributed by atoms with Gasteiger partial charge in [0.05, 0.1) is 0 Å². The summed E-state index contributed by atoms with van der Waals surface area (Å²) >= 11 is 0. The molecule has 2 rings (SSSR count). The van der Waals surface area contributed by atoms with Crippen molar-refractivity contribution >= 4 is 12.7 Å². The summed E-state index contributed by atoms with van der Waals surface area (Å²) in [5, 5.41) is 2.24. The van der Waals surface area contributed by atoms with Gasteiger partial charge in [0, 0.05) is 17.8 Å². The molecule has 1 nitrogen and oxygen atoms in total. The highest BCUT2D eigenvalue weighted by atomic mass is 14.7. The molecule has 0 fully saturated rings. The van der Waals surface area contributed by atoms with Gasteiger partial charge in [0.15, 0.2) is 0 Å². The highest BCUT2D eigenvalue weighted by Crippen LogP contribution is 2.12. The Bertz CT molecular complexity index is 557. The highest BCUT2D eigenvalue weighted by Gasteiger charge is 2.01. The van der Waals surface area contributed by atoms with Crippen molar-refractivity contribution in [2.24, 2.45) is 0 Å². The summed E-state index contributed by atoms with van der Waals surface area (Å²) in [5.41, 5.74) is 1.09. The van der Waals surface area contributed by atoms with Gasteiger partial charge < -0.3 is 0 Å². The Morgan fingerprint density at radius 1 is 1.12 bits per heavy atom. The van der Waals surface area contributed by atoms with Crippen LogP contribution in [0.25, 0.3) is 12.7 Å². The van der Waals surface area contributed by atoms with Gasteiger partial charge in [-0.2, -0.15) is 0 Å². The minimum Gasteiger partial charge on any atom is -0.261 e. The van der Waals surface area contributed by atoms with E-state index < -0.39 is 0 Å². The fourth-order valence-electron chi connectivity index (χ4n) is 1.70. The van der Waals surface area contributed by atoms with Gasteiger partial charge in [-0.25, -0.2) is 0 Å². The number of pyridine rings is 1. The molecule has 0 N–H and O–H groups in total. The van der Waals surface area contributed by atoms with Crippen LogP contribution >= 0.6 is 0 Å². The van der Waals surface area contributed by atoms with Gasteiger partial charge in [0.1, 0.15) is 0 Å². The number of nitrogens with zero attached hydrogens (tertiary/aromatic N) is 1. The lowest BCUT2D eigenvalue weighted by Crippen LogP contribution is -2.22. The van der Waals surface area contributed by atoms with Gasteiger partial charge in [-0.05, 0) is 22.6 Å². The third kappa shape index (κ3) is 2.37. The van der Waals surface area contributed by atoms with Gasteiger partial charge in [-0.15, -0.1) is 0 Å². The summed E-state index contributed by atoms with van der Waals surface area (Å²) in [7, 11) is 0. The predicted octanol–water partition coefficient (Wildman–Crippen LogP) is 2.08. The zero-order valence-corrected chi connectivity index (χ0v) is 9.43. The molecule has 0 aliphatic rings. The van der Waals surface area contributed by atoms with Crippen molar-refractivity contribution in [1.29, 1.82) is 0 Å². The number of hydrogen-bond acceptors (Lipinski definition) is 1. The van der Waals surface area contributed by atoms with E-state index in [9.17, 15) is 0 Å². The molecule has 2 aromatic rings. The third-order valence-electron chi connectivity index (χ3n) is 2.64. The van der Waals surface area contributed by atoms with Crippen LogP contribution in [0.2, 0.25) is 0 Å². The zero-order chi connectivity index (χ0) is 11.4. The summed E-state index contributed by atoms with van der Waals surface area (Å²) in [5.74, 6) is 0.309. The van der Waals surface area contributed by atoms with Gasteiger partial charge in [0.25, 0.3) is 0 Å². The molecule has 0 amide bonds. The molecule has 0 bridgehead atoms. The van der Waals surface area contributed by atoms with Crippen molar-refractivity contribution in [1.82, 2.24) is 4.98 Å². The van der Waals surface area contributed by atoms with Crippen molar-refractivity contribution in [3.8, 4) is 0 Å². The molecule has 0 aliphatic heterocycles. The lowest BCUT2D eigenvalue weighted by Gasteiger charge is -2.04. The first kappa shape index (κ1) is 10.6. The molecule has 1 aromatic carbocycles. The molecule has 1 heterocycles. The monoisotopic (exact) mass is 209 g/mol. The summed E-state index contributed by atoms with van der Waals surface area (Å²) in [6.45, 7) is 6.16. The minimum absolute atomic E-state index is 0.309. The molecule has 1 aromatic heterocycles. The second-order valence-corrected chi connectivity index (χ2v) is 3.91. The molecule has 0 spiro atoms. The summed E-state index contributed by atoms with van der Waals surface area (Å²) < 4.78 is 0. The van der Waals surface area contributed by atoms with Crippen LogP contribution in [-0.2, 0) is 0 Å². The fourth-order valence-corrected chi connectivity index (χ4v) is 1.70. The van der Waals surface area contributed by atoms with Gasteiger partial charge >= 0.3 is 0 Å². The maximum absolute atomic E-state index is 4.35. The second kappa shape index (κ2) is 4.75. The van der Waals surface area contributed by atoms with Crippen molar-refractivity contribution in [2.45, 2.75) is 12.8 Å². The number of benzene rings is 1. The Morgan fingerprint density at radius 2 is 1.88 bits per heavy atom. The maximum Gasteiger partial charge on any atom is 0.0469 e. The molecule has 1 unspecified atom stereocenters. The van der Waals surface area contributed by atoms with Crippen LogP contribution in [0.3, 0.4) is 0 Å². The average molecular weight is 209 g/mol. The largest absolute Gasteiger partial charge is 0.261 e.